The van der Waals surface area contributed by atoms with Crippen LogP contribution in [0.4, 0.5) is 23.1 Å². The summed E-state index contributed by atoms with van der Waals surface area (Å²) in [4.78, 5) is 14.8. The van der Waals surface area contributed by atoms with Crippen molar-refractivity contribution in [3.8, 4) is 0 Å². The van der Waals surface area contributed by atoms with E-state index < -0.39 is 0 Å². The summed E-state index contributed by atoms with van der Waals surface area (Å²) in [5.74, 6) is 2.05. The first-order valence-electron chi connectivity index (χ1n) is 7.13. The molecule has 0 fully saturated rings. The molecule has 0 saturated heterocycles. The second kappa shape index (κ2) is 6.88. The van der Waals surface area contributed by atoms with Crippen molar-refractivity contribution in [1.82, 2.24) is 15.0 Å². The van der Waals surface area contributed by atoms with Gasteiger partial charge in [0.25, 0.3) is 0 Å². The van der Waals surface area contributed by atoms with Crippen LogP contribution in [0.2, 0.25) is 0 Å². The molecule has 0 saturated carbocycles. The molecule has 21 heavy (non-hydrogen) atoms. The third-order valence-corrected chi connectivity index (χ3v) is 3.23. The lowest BCUT2D eigenvalue weighted by atomic mass is 10.3. The van der Waals surface area contributed by atoms with Gasteiger partial charge in [-0.05, 0) is 31.0 Å². The molecule has 0 aliphatic carbocycles. The second-order valence-corrected chi connectivity index (χ2v) is 5.08. The van der Waals surface area contributed by atoms with Gasteiger partial charge >= 0.3 is 0 Å². The van der Waals surface area contributed by atoms with Gasteiger partial charge < -0.3 is 16.0 Å². The van der Waals surface area contributed by atoms with Gasteiger partial charge in [-0.1, -0.05) is 13.3 Å². The largest absolute Gasteiger partial charge is 0.393 e. The predicted octanol–water partition coefficient (Wildman–Crippen LogP) is 2.74. The molecule has 0 atom stereocenters. The highest BCUT2D eigenvalue weighted by atomic mass is 15.2. The van der Waals surface area contributed by atoms with Gasteiger partial charge in [0, 0.05) is 19.8 Å². The van der Waals surface area contributed by atoms with Gasteiger partial charge in [-0.2, -0.15) is 0 Å². The number of unbranched alkanes of at least 4 members (excludes halogenated alkanes) is 1. The first kappa shape index (κ1) is 15.0. The van der Waals surface area contributed by atoms with E-state index in [1.54, 1.807) is 6.20 Å². The van der Waals surface area contributed by atoms with E-state index in [1.807, 2.05) is 26.1 Å². The summed E-state index contributed by atoms with van der Waals surface area (Å²) in [7, 11) is 1.99. The SMILES string of the molecule is CCCCN(C)c1ncnc(Nc2cc(C)ccn2)c1N. The number of anilines is 4. The maximum Gasteiger partial charge on any atom is 0.160 e. The third-order valence-electron chi connectivity index (χ3n) is 3.23. The summed E-state index contributed by atoms with van der Waals surface area (Å²) >= 11 is 0. The number of aromatic nitrogens is 3. The molecule has 2 heterocycles. The van der Waals surface area contributed by atoms with Crippen LogP contribution in [0.15, 0.2) is 24.7 Å². The fourth-order valence-electron chi connectivity index (χ4n) is 2.02. The summed E-state index contributed by atoms with van der Waals surface area (Å²) in [6.07, 6.45) is 5.51. The molecule has 6 heteroatoms. The Morgan fingerprint density at radius 3 is 2.81 bits per heavy atom. The van der Waals surface area contributed by atoms with Crippen molar-refractivity contribution in [3.05, 3.63) is 30.2 Å². The zero-order valence-electron chi connectivity index (χ0n) is 12.8. The van der Waals surface area contributed by atoms with Gasteiger partial charge in [0.15, 0.2) is 11.6 Å². The highest BCUT2D eigenvalue weighted by Gasteiger charge is 2.12. The molecule has 2 aromatic heterocycles. The molecule has 0 amide bonds. The van der Waals surface area contributed by atoms with Gasteiger partial charge in [0.2, 0.25) is 0 Å². The smallest absolute Gasteiger partial charge is 0.160 e. The number of pyridine rings is 1. The summed E-state index contributed by atoms with van der Waals surface area (Å²) in [6.45, 7) is 5.09. The molecule has 0 unspecified atom stereocenters. The van der Waals surface area contributed by atoms with Crippen LogP contribution in [0.1, 0.15) is 25.3 Å². The lowest BCUT2D eigenvalue weighted by molar-refractivity contribution is 0.759. The number of nitrogens with zero attached hydrogens (tertiary/aromatic N) is 4. The molecule has 6 nitrogen and oxygen atoms in total. The van der Waals surface area contributed by atoms with E-state index in [4.69, 9.17) is 5.73 Å². The van der Waals surface area contributed by atoms with Crippen LogP contribution in [0, 0.1) is 6.92 Å². The van der Waals surface area contributed by atoms with Crippen LogP contribution in [0.3, 0.4) is 0 Å². The van der Waals surface area contributed by atoms with Crippen molar-refractivity contribution in [2.75, 3.05) is 29.5 Å². The zero-order valence-corrected chi connectivity index (χ0v) is 12.8. The quantitative estimate of drug-likeness (QED) is 0.850. The molecule has 0 radical (unpaired) electrons. The van der Waals surface area contributed by atoms with Crippen molar-refractivity contribution >= 4 is 23.1 Å². The van der Waals surface area contributed by atoms with Gasteiger partial charge in [-0.25, -0.2) is 15.0 Å². The van der Waals surface area contributed by atoms with E-state index in [0.717, 1.165) is 36.6 Å². The lowest BCUT2D eigenvalue weighted by Crippen LogP contribution is -2.21. The summed E-state index contributed by atoms with van der Waals surface area (Å²) in [5.41, 5.74) is 7.85. The van der Waals surface area contributed by atoms with E-state index in [2.05, 4.69) is 32.1 Å². The first-order chi connectivity index (χ1) is 10.1. The molecular formula is C15H22N6. The first-order valence-corrected chi connectivity index (χ1v) is 7.13. The minimum Gasteiger partial charge on any atom is -0.393 e. The molecule has 0 aromatic carbocycles. The minimum atomic E-state index is 0.541. The van der Waals surface area contributed by atoms with Crippen molar-refractivity contribution in [2.45, 2.75) is 26.7 Å². The summed E-state index contributed by atoms with van der Waals surface area (Å²) in [5, 5.41) is 3.15. The van der Waals surface area contributed by atoms with Crippen molar-refractivity contribution < 1.29 is 0 Å². The van der Waals surface area contributed by atoms with Crippen LogP contribution in [-0.4, -0.2) is 28.5 Å². The lowest BCUT2D eigenvalue weighted by Gasteiger charge is -2.20. The van der Waals surface area contributed by atoms with Gasteiger partial charge in [-0.15, -0.1) is 0 Å². The van der Waals surface area contributed by atoms with Crippen molar-refractivity contribution in [3.63, 3.8) is 0 Å². The van der Waals surface area contributed by atoms with Gasteiger partial charge in [0.1, 0.15) is 17.8 Å². The van der Waals surface area contributed by atoms with E-state index in [-0.39, 0.29) is 0 Å². The maximum absolute atomic E-state index is 6.18. The average molecular weight is 286 g/mol. The Bertz CT molecular complexity index is 598. The Hall–Kier alpha value is -2.37. The van der Waals surface area contributed by atoms with E-state index in [1.165, 1.54) is 6.33 Å². The molecule has 3 N–H and O–H groups in total. The highest BCUT2D eigenvalue weighted by Crippen LogP contribution is 2.27. The zero-order chi connectivity index (χ0) is 15.2. The Morgan fingerprint density at radius 2 is 2.10 bits per heavy atom. The third kappa shape index (κ3) is 3.81. The Morgan fingerprint density at radius 1 is 1.29 bits per heavy atom. The monoisotopic (exact) mass is 286 g/mol. The van der Waals surface area contributed by atoms with Crippen LogP contribution >= 0.6 is 0 Å². The summed E-state index contributed by atoms with van der Waals surface area (Å²) < 4.78 is 0. The molecule has 2 rings (SSSR count). The number of rotatable bonds is 6. The highest BCUT2D eigenvalue weighted by molar-refractivity contribution is 5.77. The number of hydrogen-bond acceptors (Lipinski definition) is 6. The normalized spacial score (nSPS) is 10.4. The fraction of sp³-hybridized carbons (Fsp3) is 0.400. The van der Waals surface area contributed by atoms with E-state index in [0.29, 0.717) is 11.5 Å². The number of nitrogens with two attached hydrogens (primary N) is 1. The molecule has 0 bridgehead atoms. The summed E-state index contributed by atoms with van der Waals surface area (Å²) in [6, 6.07) is 3.89. The van der Waals surface area contributed by atoms with Crippen LogP contribution < -0.4 is 16.0 Å². The van der Waals surface area contributed by atoms with Crippen LogP contribution in [0.25, 0.3) is 0 Å². The molecule has 2 aromatic rings. The van der Waals surface area contributed by atoms with Crippen molar-refractivity contribution in [1.29, 1.82) is 0 Å². The van der Waals surface area contributed by atoms with E-state index >= 15 is 0 Å². The second-order valence-electron chi connectivity index (χ2n) is 5.08. The Kier molecular flexibility index (Phi) is 4.92. The van der Waals surface area contributed by atoms with Gasteiger partial charge in [0.05, 0.1) is 0 Å². The Labute approximate surface area is 125 Å². The molecule has 0 aliphatic rings. The number of aryl methyl sites for hydroxylation is 1. The number of hydrogen-bond donors (Lipinski definition) is 2. The predicted molar refractivity (Wildman–Crippen MR) is 86.9 cm³/mol. The maximum atomic E-state index is 6.18. The molecule has 112 valence electrons. The van der Waals surface area contributed by atoms with Crippen LogP contribution in [0.5, 0.6) is 0 Å². The number of nitrogens with one attached hydrogen (secondary N) is 1. The molecular weight excluding hydrogens is 264 g/mol. The number of nitrogen functional groups attached to an aromatic ring is 1. The standard InChI is InChI=1S/C15H22N6/c1-4-5-8-21(3)15-13(16)14(18-10-19-15)20-12-9-11(2)6-7-17-12/h6-7,9-10H,4-5,8,16H2,1-3H3,(H,17,18,19,20). The molecule has 0 spiro atoms. The fourth-order valence-corrected chi connectivity index (χ4v) is 2.02. The van der Waals surface area contributed by atoms with Crippen molar-refractivity contribution in [2.24, 2.45) is 0 Å². The topological polar surface area (TPSA) is 80.0 Å². The van der Waals surface area contributed by atoms with Crippen LogP contribution in [-0.2, 0) is 0 Å². The average Bonchev–Trinajstić information content (AvgIpc) is 2.47. The minimum absolute atomic E-state index is 0.541. The van der Waals surface area contributed by atoms with Gasteiger partial charge in [-0.3, -0.25) is 0 Å². The van der Waals surface area contributed by atoms with E-state index in [9.17, 15) is 0 Å². The Balaban J connectivity index is 2.21. The molecule has 0 aliphatic heterocycles.